The van der Waals surface area contributed by atoms with E-state index in [2.05, 4.69) is 20.8 Å². The van der Waals surface area contributed by atoms with Crippen LogP contribution < -0.4 is 0 Å². The van der Waals surface area contributed by atoms with E-state index in [1.807, 2.05) is 0 Å². The minimum Gasteiger partial charge on any atom is -0.299 e. The molecule has 4 rings (SSSR count). The number of hydrogen-bond donors (Lipinski definition) is 0. The number of rotatable bonds is 0. The van der Waals surface area contributed by atoms with E-state index in [0.29, 0.717) is 11.2 Å². The van der Waals surface area contributed by atoms with Crippen LogP contribution in [0.3, 0.4) is 0 Å². The second-order valence-corrected chi connectivity index (χ2v) is 9.54. The van der Waals surface area contributed by atoms with Crippen LogP contribution in [-0.4, -0.2) is 5.78 Å². The molecule has 0 radical (unpaired) electrons. The molecule has 0 bridgehead atoms. The van der Waals surface area contributed by atoms with Gasteiger partial charge in [0.15, 0.2) is 0 Å². The summed E-state index contributed by atoms with van der Waals surface area (Å²) >= 11 is 0. The molecule has 7 atom stereocenters. The summed E-state index contributed by atoms with van der Waals surface area (Å²) in [6, 6.07) is 0. The molecule has 1 nitrogen and oxygen atoms in total. The number of Topliss-reactive ketones (excluding diaryl/α,β-unsaturated/α-hetero) is 1. The van der Waals surface area contributed by atoms with Crippen LogP contribution in [0.15, 0.2) is 0 Å². The van der Waals surface area contributed by atoms with Crippen molar-refractivity contribution in [2.24, 2.45) is 40.4 Å². The Labute approximate surface area is 130 Å². The molecule has 21 heavy (non-hydrogen) atoms. The Morgan fingerprint density at radius 2 is 1.62 bits per heavy atom. The molecule has 0 amide bonds. The maximum Gasteiger partial charge on any atom is 0.139 e. The molecule has 1 heteroatoms. The van der Waals surface area contributed by atoms with E-state index in [0.717, 1.165) is 36.0 Å². The standard InChI is InChI=1S/C20H32O/c1-13-4-5-16-14-9-11-20(3)17(6-7-18(20)21)15(14)8-10-19(16,2)12-13/h13-17H,4-12H2,1-3H3/t13-,14?,15+,16+,17?,19+,20-/m0/s1. The van der Waals surface area contributed by atoms with Gasteiger partial charge in [0.05, 0.1) is 0 Å². The van der Waals surface area contributed by atoms with Crippen LogP contribution in [0.4, 0.5) is 0 Å². The fourth-order valence-electron chi connectivity index (χ4n) is 7.38. The summed E-state index contributed by atoms with van der Waals surface area (Å²) in [6.07, 6.45) is 11.8. The van der Waals surface area contributed by atoms with Crippen molar-refractivity contribution < 1.29 is 4.79 Å². The van der Waals surface area contributed by atoms with E-state index in [4.69, 9.17) is 0 Å². The van der Waals surface area contributed by atoms with Crippen molar-refractivity contribution in [3.05, 3.63) is 0 Å². The first-order chi connectivity index (χ1) is 9.94. The van der Waals surface area contributed by atoms with Crippen molar-refractivity contribution in [3.8, 4) is 0 Å². The maximum atomic E-state index is 12.4. The summed E-state index contributed by atoms with van der Waals surface area (Å²) in [4.78, 5) is 12.4. The molecule has 0 aromatic rings. The fourth-order valence-corrected chi connectivity index (χ4v) is 7.38. The molecule has 0 aliphatic heterocycles. The van der Waals surface area contributed by atoms with Crippen LogP contribution in [0, 0.1) is 40.4 Å². The van der Waals surface area contributed by atoms with Crippen LogP contribution in [-0.2, 0) is 4.79 Å². The van der Waals surface area contributed by atoms with Crippen LogP contribution >= 0.6 is 0 Å². The van der Waals surface area contributed by atoms with Crippen molar-refractivity contribution >= 4 is 5.78 Å². The number of carbonyl (C=O) groups is 1. The summed E-state index contributed by atoms with van der Waals surface area (Å²) in [5, 5.41) is 0. The molecule has 0 spiro atoms. The highest BCUT2D eigenvalue weighted by molar-refractivity contribution is 5.87. The van der Waals surface area contributed by atoms with Gasteiger partial charge in [-0.1, -0.05) is 27.2 Å². The SMILES string of the molecule is C[C@H]1CC[C@@H]2C3CC[C@]4(C)C(=O)CCC4[C@@H]3CC[C@]2(C)C1. The highest BCUT2D eigenvalue weighted by Gasteiger charge is 2.58. The predicted molar refractivity (Wildman–Crippen MR) is 85.9 cm³/mol. The van der Waals surface area contributed by atoms with E-state index in [9.17, 15) is 4.79 Å². The summed E-state index contributed by atoms with van der Waals surface area (Å²) in [5.41, 5.74) is 0.687. The third kappa shape index (κ3) is 1.91. The summed E-state index contributed by atoms with van der Waals surface area (Å²) in [7, 11) is 0. The smallest absolute Gasteiger partial charge is 0.139 e. The van der Waals surface area contributed by atoms with Crippen molar-refractivity contribution in [2.45, 2.75) is 78.6 Å². The van der Waals surface area contributed by atoms with Crippen molar-refractivity contribution in [3.63, 3.8) is 0 Å². The average Bonchev–Trinajstić information content (AvgIpc) is 2.73. The van der Waals surface area contributed by atoms with Gasteiger partial charge < -0.3 is 0 Å². The van der Waals surface area contributed by atoms with Gasteiger partial charge in [-0.25, -0.2) is 0 Å². The molecule has 118 valence electrons. The molecule has 0 heterocycles. The zero-order chi connectivity index (χ0) is 14.8. The Bertz CT molecular complexity index is 455. The number of hydrogen-bond acceptors (Lipinski definition) is 1. The van der Waals surface area contributed by atoms with Crippen LogP contribution in [0.1, 0.15) is 78.6 Å². The first-order valence-corrected chi connectivity index (χ1v) is 9.47. The second kappa shape index (κ2) is 4.59. The van der Waals surface area contributed by atoms with Crippen LogP contribution in [0.5, 0.6) is 0 Å². The lowest BCUT2D eigenvalue weighted by atomic mass is 9.46. The summed E-state index contributed by atoms with van der Waals surface area (Å²) < 4.78 is 0. The number of fused-ring (bicyclic) bond motifs is 5. The van der Waals surface area contributed by atoms with Gasteiger partial charge in [-0.15, -0.1) is 0 Å². The molecule has 0 aromatic heterocycles. The largest absolute Gasteiger partial charge is 0.299 e. The Kier molecular flexibility index (Phi) is 3.12. The second-order valence-electron chi connectivity index (χ2n) is 9.54. The lowest BCUT2D eigenvalue weighted by Crippen LogP contribution is -2.51. The van der Waals surface area contributed by atoms with E-state index in [1.165, 1.54) is 51.4 Å². The monoisotopic (exact) mass is 288 g/mol. The Balaban J connectivity index is 1.62. The molecule has 0 N–H and O–H groups in total. The normalized spacial score (nSPS) is 56.5. The van der Waals surface area contributed by atoms with Crippen molar-refractivity contribution in [1.29, 1.82) is 0 Å². The van der Waals surface area contributed by atoms with Gasteiger partial charge in [0.2, 0.25) is 0 Å². The lowest BCUT2D eigenvalue weighted by Gasteiger charge is -2.59. The molecule has 4 fully saturated rings. The number of carbonyl (C=O) groups excluding carboxylic acids is 1. The molecule has 0 aromatic carbocycles. The van der Waals surface area contributed by atoms with E-state index < -0.39 is 0 Å². The minimum absolute atomic E-state index is 0.0663. The molecule has 4 aliphatic rings. The summed E-state index contributed by atoms with van der Waals surface area (Å²) in [6.45, 7) is 7.36. The highest BCUT2D eigenvalue weighted by Crippen LogP contribution is 2.64. The van der Waals surface area contributed by atoms with Crippen LogP contribution in [0.25, 0.3) is 0 Å². The average molecular weight is 288 g/mol. The zero-order valence-corrected chi connectivity index (χ0v) is 14.2. The molecule has 2 unspecified atom stereocenters. The van der Waals surface area contributed by atoms with Gasteiger partial charge in [-0.3, -0.25) is 4.79 Å². The van der Waals surface area contributed by atoms with Gasteiger partial charge >= 0.3 is 0 Å². The summed E-state index contributed by atoms with van der Waals surface area (Å²) in [5.74, 6) is 5.04. The maximum absolute atomic E-state index is 12.4. The molecule has 4 aliphatic carbocycles. The molecular weight excluding hydrogens is 256 g/mol. The van der Waals surface area contributed by atoms with Gasteiger partial charge in [-0.2, -0.15) is 0 Å². The first kappa shape index (κ1) is 14.3. The third-order valence-corrected chi connectivity index (χ3v) is 8.45. The topological polar surface area (TPSA) is 17.1 Å². The van der Waals surface area contributed by atoms with Gasteiger partial charge in [0.1, 0.15) is 5.78 Å². The lowest BCUT2D eigenvalue weighted by molar-refractivity contribution is -0.136. The molecular formula is C20H32O. The third-order valence-electron chi connectivity index (χ3n) is 8.45. The van der Waals surface area contributed by atoms with E-state index in [-0.39, 0.29) is 5.41 Å². The quantitative estimate of drug-likeness (QED) is 0.596. The van der Waals surface area contributed by atoms with Gasteiger partial charge in [0, 0.05) is 11.8 Å². The molecule has 0 saturated heterocycles. The Morgan fingerprint density at radius 3 is 2.43 bits per heavy atom. The molecule has 4 saturated carbocycles. The minimum atomic E-state index is 0.0663. The van der Waals surface area contributed by atoms with Gasteiger partial charge in [0.25, 0.3) is 0 Å². The van der Waals surface area contributed by atoms with E-state index in [1.54, 1.807) is 0 Å². The fraction of sp³-hybridized carbons (Fsp3) is 0.950. The predicted octanol–water partition coefficient (Wildman–Crippen LogP) is 5.23. The van der Waals surface area contributed by atoms with Gasteiger partial charge in [-0.05, 0) is 80.0 Å². The zero-order valence-electron chi connectivity index (χ0n) is 14.2. The Morgan fingerprint density at radius 1 is 0.905 bits per heavy atom. The first-order valence-electron chi connectivity index (χ1n) is 9.47. The van der Waals surface area contributed by atoms with Crippen molar-refractivity contribution in [2.75, 3.05) is 0 Å². The highest BCUT2D eigenvalue weighted by atomic mass is 16.1. The number of ketones is 1. The van der Waals surface area contributed by atoms with Crippen molar-refractivity contribution in [1.82, 2.24) is 0 Å². The van der Waals surface area contributed by atoms with Crippen LogP contribution in [0.2, 0.25) is 0 Å². The van der Waals surface area contributed by atoms with E-state index >= 15 is 0 Å². The Hall–Kier alpha value is -0.330.